The first-order valence-corrected chi connectivity index (χ1v) is 7.11. The summed E-state index contributed by atoms with van der Waals surface area (Å²) in [6.45, 7) is 4.26. The van der Waals surface area contributed by atoms with Crippen molar-refractivity contribution >= 4 is 11.6 Å². The minimum atomic E-state index is 0.282. The van der Waals surface area contributed by atoms with Crippen LogP contribution in [0.1, 0.15) is 38.2 Å². The zero-order chi connectivity index (χ0) is 15.1. The second-order valence-corrected chi connectivity index (χ2v) is 4.97. The number of benzene rings is 1. The van der Waals surface area contributed by atoms with Gasteiger partial charge in [0, 0.05) is 5.56 Å². The van der Waals surface area contributed by atoms with Crippen LogP contribution in [0.5, 0.6) is 17.2 Å². The van der Waals surface area contributed by atoms with E-state index in [0.29, 0.717) is 22.3 Å². The molecule has 0 aromatic heterocycles. The number of ether oxygens (including phenoxy) is 3. The van der Waals surface area contributed by atoms with E-state index in [0.717, 1.165) is 18.4 Å². The average Bonchev–Trinajstić information content (AvgIpc) is 2.45. The normalized spacial score (nSPS) is 12.5. The highest BCUT2D eigenvalue weighted by Gasteiger charge is 2.22. The molecule has 112 valence electrons. The molecule has 0 saturated carbocycles. The van der Waals surface area contributed by atoms with Crippen molar-refractivity contribution in [3.63, 3.8) is 0 Å². The lowest BCUT2D eigenvalue weighted by Crippen LogP contribution is -2.02. The molecule has 0 heterocycles. The van der Waals surface area contributed by atoms with Gasteiger partial charge < -0.3 is 14.2 Å². The van der Waals surface area contributed by atoms with Crippen LogP contribution in [0, 0.1) is 0 Å². The number of hydrogen-bond donors (Lipinski definition) is 0. The third kappa shape index (κ3) is 3.60. The number of rotatable bonds is 7. The van der Waals surface area contributed by atoms with Gasteiger partial charge in [-0.1, -0.05) is 37.6 Å². The molecule has 1 aromatic carbocycles. The van der Waals surface area contributed by atoms with Gasteiger partial charge in [0.1, 0.15) is 0 Å². The zero-order valence-corrected chi connectivity index (χ0v) is 13.6. The van der Waals surface area contributed by atoms with E-state index in [4.69, 9.17) is 25.8 Å². The Bertz CT molecular complexity index is 469. The smallest absolute Gasteiger partial charge is 0.205 e. The van der Waals surface area contributed by atoms with Crippen molar-refractivity contribution in [2.45, 2.75) is 32.6 Å². The van der Waals surface area contributed by atoms with Crippen LogP contribution in [-0.4, -0.2) is 21.3 Å². The molecule has 0 aliphatic heterocycles. The molecule has 20 heavy (non-hydrogen) atoms. The van der Waals surface area contributed by atoms with Crippen molar-refractivity contribution in [2.75, 3.05) is 21.3 Å². The molecule has 0 radical (unpaired) electrons. The van der Waals surface area contributed by atoms with E-state index in [1.54, 1.807) is 21.3 Å². The Labute approximate surface area is 126 Å². The largest absolute Gasteiger partial charge is 0.492 e. The molecule has 0 saturated heterocycles. The van der Waals surface area contributed by atoms with Crippen LogP contribution in [0.2, 0.25) is 5.02 Å². The predicted octanol–water partition coefficient (Wildman–Crippen LogP) is 4.83. The van der Waals surface area contributed by atoms with E-state index in [1.807, 2.05) is 6.07 Å². The van der Waals surface area contributed by atoms with E-state index in [2.05, 4.69) is 26.0 Å². The minimum absolute atomic E-state index is 0.282. The van der Waals surface area contributed by atoms with E-state index in [9.17, 15) is 0 Å². The van der Waals surface area contributed by atoms with Crippen molar-refractivity contribution in [3.8, 4) is 17.2 Å². The lowest BCUT2D eigenvalue weighted by atomic mass is 9.95. The van der Waals surface area contributed by atoms with Crippen molar-refractivity contribution in [3.05, 3.63) is 28.8 Å². The summed E-state index contributed by atoms with van der Waals surface area (Å²) < 4.78 is 16.2. The maximum absolute atomic E-state index is 6.27. The molecule has 1 rings (SSSR count). The molecule has 0 bridgehead atoms. The van der Waals surface area contributed by atoms with Gasteiger partial charge in [0.15, 0.2) is 11.5 Å². The van der Waals surface area contributed by atoms with Crippen molar-refractivity contribution in [2.24, 2.45) is 0 Å². The molecule has 0 aliphatic rings. The summed E-state index contributed by atoms with van der Waals surface area (Å²) >= 11 is 6.27. The Morgan fingerprint density at radius 1 is 1.05 bits per heavy atom. The summed E-state index contributed by atoms with van der Waals surface area (Å²) in [5.41, 5.74) is 1.02. The molecule has 1 unspecified atom stereocenters. The van der Waals surface area contributed by atoms with Crippen LogP contribution < -0.4 is 14.2 Å². The second kappa shape index (κ2) is 8.05. The highest BCUT2D eigenvalue weighted by Crippen LogP contribution is 2.47. The van der Waals surface area contributed by atoms with Gasteiger partial charge in [-0.2, -0.15) is 0 Å². The fraction of sp³-hybridized carbons (Fsp3) is 0.500. The van der Waals surface area contributed by atoms with Crippen LogP contribution in [0.4, 0.5) is 0 Å². The third-order valence-electron chi connectivity index (χ3n) is 3.21. The quantitative estimate of drug-likeness (QED) is 0.675. The van der Waals surface area contributed by atoms with Crippen molar-refractivity contribution in [1.82, 2.24) is 0 Å². The second-order valence-electron chi connectivity index (χ2n) is 4.56. The monoisotopic (exact) mass is 298 g/mol. The van der Waals surface area contributed by atoms with Crippen LogP contribution in [0.15, 0.2) is 18.2 Å². The van der Waals surface area contributed by atoms with Gasteiger partial charge >= 0.3 is 0 Å². The first-order chi connectivity index (χ1) is 9.60. The SMILES string of the molecule is CC/C=C\CC(C)c1cc(Cl)c(OC)c(OC)c1OC. The van der Waals surface area contributed by atoms with Gasteiger partial charge in [0.05, 0.1) is 26.4 Å². The van der Waals surface area contributed by atoms with Gasteiger partial charge in [-0.05, 0) is 24.8 Å². The van der Waals surface area contributed by atoms with Gasteiger partial charge in [-0.15, -0.1) is 0 Å². The van der Waals surface area contributed by atoms with Gasteiger partial charge in [-0.25, -0.2) is 0 Å². The van der Waals surface area contributed by atoms with Crippen LogP contribution in [0.3, 0.4) is 0 Å². The molecule has 0 amide bonds. The molecule has 0 spiro atoms. The molecular formula is C16H23ClO3. The minimum Gasteiger partial charge on any atom is -0.492 e. The highest BCUT2D eigenvalue weighted by atomic mass is 35.5. The van der Waals surface area contributed by atoms with E-state index < -0.39 is 0 Å². The standard InChI is InChI=1S/C16H23ClO3/c1-6-7-8-9-11(2)12-10-13(17)15(19-4)16(20-5)14(12)18-3/h7-8,10-11H,6,9H2,1-5H3/b8-7-. The van der Waals surface area contributed by atoms with Gasteiger partial charge in [-0.3, -0.25) is 0 Å². The Kier molecular flexibility index (Phi) is 6.73. The maximum Gasteiger partial charge on any atom is 0.205 e. The number of methoxy groups -OCH3 is 3. The number of hydrogen-bond acceptors (Lipinski definition) is 3. The molecule has 0 N–H and O–H groups in total. The van der Waals surface area contributed by atoms with Crippen LogP contribution >= 0.6 is 11.6 Å². The molecule has 3 nitrogen and oxygen atoms in total. The van der Waals surface area contributed by atoms with E-state index in [1.165, 1.54) is 0 Å². The Balaban J connectivity index is 3.25. The molecule has 1 atom stereocenters. The highest BCUT2D eigenvalue weighted by molar-refractivity contribution is 6.32. The summed E-state index contributed by atoms with van der Waals surface area (Å²) in [7, 11) is 4.78. The zero-order valence-electron chi connectivity index (χ0n) is 12.8. The van der Waals surface area contributed by atoms with Gasteiger partial charge in [0.2, 0.25) is 5.75 Å². The summed E-state index contributed by atoms with van der Waals surface area (Å²) in [4.78, 5) is 0. The topological polar surface area (TPSA) is 27.7 Å². The Morgan fingerprint density at radius 2 is 1.65 bits per heavy atom. The van der Waals surface area contributed by atoms with Crippen LogP contribution in [0.25, 0.3) is 0 Å². The third-order valence-corrected chi connectivity index (χ3v) is 3.49. The van der Waals surface area contributed by atoms with E-state index in [-0.39, 0.29) is 5.92 Å². The summed E-state index contributed by atoms with van der Waals surface area (Å²) in [5, 5.41) is 0.534. The summed E-state index contributed by atoms with van der Waals surface area (Å²) in [6, 6.07) is 1.90. The lowest BCUT2D eigenvalue weighted by Gasteiger charge is -2.20. The Hall–Kier alpha value is -1.35. The fourth-order valence-corrected chi connectivity index (χ4v) is 2.44. The first kappa shape index (κ1) is 16.7. The summed E-state index contributed by atoms with van der Waals surface area (Å²) in [5.74, 6) is 2.02. The molecule has 1 aromatic rings. The number of halogens is 1. The summed E-state index contributed by atoms with van der Waals surface area (Å²) in [6.07, 6.45) is 6.30. The Morgan fingerprint density at radius 3 is 2.15 bits per heavy atom. The van der Waals surface area contributed by atoms with Gasteiger partial charge in [0.25, 0.3) is 0 Å². The fourth-order valence-electron chi connectivity index (χ4n) is 2.16. The van der Waals surface area contributed by atoms with Crippen molar-refractivity contribution < 1.29 is 14.2 Å². The molecular weight excluding hydrogens is 276 g/mol. The van der Waals surface area contributed by atoms with Crippen LogP contribution in [-0.2, 0) is 0 Å². The van der Waals surface area contributed by atoms with E-state index >= 15 is 0 Å². The number of allylic oxidation sites excluding steroid dienone is 2. The lowest BCUT2D eigenvalue weighted by molar-refractivity contribution is 0.321. The maximum atomic E-state index is 6.27. The van der Waals surface area contributed by atoms with Crippen molar-refractivity contribution in [1.29, 1.82) is 0 Å². The average molecular weight is 299 g/mol. The first-order valence-electron chi connectivity index (χ1n) is 6.73. The molecule has 0 aliphatic carbocycles. The predicted molar refractivity (Wildman–Crippen MR) is 83.6 cm³/mol. The molecule has 4 heteroatoms. The molecule has 0 fully saturated rings.